The van der Waals surface area contributed by atoms with Crippen LogP contribution in [0.5, 0.6) is 0 Å². The van der Waals surface area contributed by atoms with Gasteiger partial charge >= 0.3 is 5.69 Å². The zero-order chi connectivity index (χ0) is 20.0. The van der Waals surface area contributed by atoms with E-state index in [0.29, 0.717) is 34.0 Å². The van der Waals surface area contributed by atoms with Crippen LogP contribution in [0.2, 0.25) is 0 Å². The van der Waals surface area contributed by atoms with Crippen LogP contribution in [0, 0.1) is 16.0 Å². The van der Waals surface area contributed by atoms with E-state index in [4.69, 9.17) is 9.26 Å². The number of benzene rings is 2. The van der Waals surface area contributed by atoms with Gasteiger partial charge in [-0.15, -0.1) is 0 Å². The van der Waals surface area contributed by atoms with Gasteiger partial charge in [-0.25, -0.2) is 9.26 Å². The predicted octanol–water partition coefficient (Wildman–Crippen LogP) is 3.65. The molecular formula is C18H17N7O4. The van der Waals surface area contributed by atoms with Gasteiger partial charge in [-0.2, -0.15) is 0 Å². The van der Waals surface area contributed by atoms with Crippen molar-refractivity contribution in [2.24, 2.45) is 5.92 Å². The highest BCUT2D eigenvalue weighted by molar-refractivity contribution is 6.02. The van der Waals surface area contributed by atoms with Crippen molar-refractivity contribution in [2.75, 3.05) is 23.3 Å². The van der Waals surface area contributed by atoms with Crippen LogP contribution in [0.1, 0.15) is 19.8 Å². The number of hydrogen-bond acceptors (Lipinski definition) is 10. The summed E-state index contributed by atoms with van der Waals surface area (Å²) in [6.45, 7) is 3.66. The highest BCUT2D eigenvalue weighted by atomic mass is 16.6. The molecule has 1 fully saturated rings. The van der Waals surface area contributed by atoms with E-state index < -0.39 is 4.92 Å². The minimum absolute atomic E-state index is 0.0948. The topological polar surface area (TPSA) is 136 Å². The second-order valence-electron chi connectivity index (χ2n) is 7.24. The van der Waals surface area contributed by atoms with Crippen LogP contribution < -0.4 is 10.2 Å². The number of anilines is 3. The number of nitrogens with one attached hydrogen (secondary N) is 1. The van der Waals surface area contributed by atoms with Gasteiger partial charge in [-0.1, -0.05) is 13.0 Å². The molecule has 1 aliphatic heterocycles. The molecule has 1 N–H and O–H groups in total. The Bertz CT molecular complexity index is 1210. The van der Waals surface area contributed by atoms with E-state index in [1.807, 2.05) is 17.0 Å². The summed E-state index contributed by atoms with van der Waals surface area (Å²) < 4.78 is 9.67. The summed E-state index contributed by atoms with van der Waals surface area (Å²) in [6, 6.07) is 7.13. The van der Waals surface area contributed by atoms with Crippen molar-refractivity contribution >= 4 is 44.8 Å². The minimum Gasteiger partial charge on any atom is -0.366 e. The smallest absolute Gasteiger partial charge is 0.323 e. The lowest BCUT2D eigenvalue weighted by Crippen LogP contribution is -2.33. The van der Waals surface area contributed by atoms with Gasteiger partial charge in [0.15, 0.2) is 11.0 Å². The molecule has 0 aliphatic carbocycles. The van der Waals surface area contributed by atoms with Gasteiger partial charge in [-0.05, 0) is 57.6 Å². The van der Waals surface area contributed by atoms with E-state index in [2.05, 4.69) is 32.9 Å². The van der Waals surface area contributed by atoms with Crippen LogP contribution in [0.15, 0.2) is 33.5 Å². The third kappa shape index (κ3) is 2.91. The number of nitro benzene ring substituents is 1. The van der Waals surface area contributed by atoms with Crippen LogP contribution in [0.4, 0.5) is 22.7 Å². The molecule has 11 nitrogen and oxygen atoms in total. The number of hydrogen-bond donors (Lipinski definition) is 1. The minimum atomic E-state index is -0.425. The van der Waals surface area contributed by atoms with Gasteiger partial charge in [-0.3, -0.25) is 10.1 Å². The Morgan fingerprint density at radius 1 is 1.07 bits per heavy atom. The van der Waals surface area contributed by atoms with Crippen molar-refractivity contribution in [1.29, 1.82) is 0 Å². The SMILES string of the molecule is CC1CCN(c2cc(Nc3cccc4nonc34)c3nonc3c2[N+](=O)[O-])CC1. The maximum atomic E-state index is 11.9. The largest absolute Gasteiger partial charge is 0.366 e. The fraction of sp³-hybridized carbons (Fsp3) is 0.333. The monoisotopic (exact) mass is 395 g/mol. The number of nitrogens with zero attached hydrogens (tertiary/aromatic N) is 6. The average Bonchev–Trinajstić information content (AvgIpc) is 3.38. The molecule has 5 rings (SSSR count). The van der Waals surface area contributed by atoms with Gasteiger partial charge in [0.25, 0.3) is 0 Å². The van der Waals surface area contributed by atoms with Crippen LogP contribution in [-0.2, 0) is 0 Å². The molecule has 0 atom stereocenters. The van der Waals surface area contributed by atoms with Gasteiger partial charge < -0.3 is 10.2 Å². The number of aromatic nitrogens is 4. The normalized spacial score (nSPS) is 15.3. The molecule has 1 saturated heterocycles. The van der Waals surface area contributed by atoms with E-state index >= 15 is 0 Å². The molecule has 4 aromatic rings. The van der Waals surface area contributed by atoms with Crippen molar-refractivity contribution in [2.45, 2.75) is 19.8 Å². The molecule has 3 heterocycles. The molecule has 0 spiro atoms. The number of piperidine rings is 1. The van der Waals surface area contributed by atoms with Crippen LogP contribution in [0.3, 0.4) is 0 Å². The molecular weight excluding hydrogens is 378 g/mol. The number of rotatable bonds is 4. The number of nitro groups is 1. The first-order valence-electron chi connectivity index (χ1n) is 9.28. The fourth-order valence-electron chi connectivity index (χ4n) is 3.73. The molecule has 0 amide bonds. The van der Waals surface area contributed by atoms with Gasteiger partial charge in [0.2, 0.25) is 5.52 Å². The molecule has 2 aromatic carbocycles. The molecule has 148 valence electrons. The molecule has 0 bridgehead atoms. The maximum Gasteiger partial charge on any atom is 0.323 e. The summed E-state index contributed by atoms with van der Waals surface area (Å²) in [6.07, 6.45) is 1.94. The summed E-state index contributed by atoms with van der Waals surface area (Å²) in [4.78, 5) is 13.5. The van der Waals surface area contributed by atoms with E-state index in [9.17, 15) is 10.1 Å². The van der Waals surface area contributed by atoms with E-state index in [1.165, 1.54) is 0 Å². The van der Waals surface area contributed by atoms with Crippen molar-refractivity contribution < 1.29 is 14.2 Å². The summed E-state index contributed by atoms with van der Waals surface area (Å²) in [5.41, 5.74) is 3.11. The predicted molar refractivity (Wildman–Crippen MR) is 104 cm³/mol. The zero-order valence-corrected chi connectivity index (χ0v) is 15.5. The first-order chi connectivity index (χ1) is 14.1. The van der Waals surface area contributed by atoms with Crippen molar-refractivity contribution in [3.8, 4) is 0 Å². The Labute approximate surface area is 163 Å². The second-order valence-corrected chi connectivity index (χ2v) is 7.24. The van der Waals surface area contributed by atoms with Crippen LogP contribution in [-0.4, -0.2) is 38.6 Å². The lowest BCUT2D eigenvalue weighted by Gasteiger charge is -2.32. The van der Waals surface area contributed by atoms with E-state index in [0.717, 1.165) is 25.9 Å². The number of fused-ring (bicyclic) bond motifs is 2. The highest BCUT2D eigenvalue weighted by Gasteiger charge is 2.30. The van der Waals surface area contributed by atoms with Crippen molar-refractivity contribution in [1.82, 2.24) is 20.6 Å². The standard InChI is InChI=1S/C18H17N7O4/c1-10-5-7-24(8-6-10)14-9-13(16-17(23-29-22-16)18(14)25(26)27)19-11-3-2-4-12-15(11)21-28-20-12/h2-4,9-10,19H,5-8H2,1H3. The van der Waals surface area contributed by atoms with Crippen molar-refractivity contribution in [3.05, 3.63) is 34.4 Å². The summed E-state index contributed by atoms with van der Waals surface area (Å²) in [5, 5.41) is 30.6. The summed E-state index contributed by atoms with van der Waals surface area (Å²) in [5.74, 6) is 0.595. The lowest BCUT2D eigenvalue weighted by atomic mass is 9.98. The summed E-state index contributed by atoms with van der Waals surface area (Å²) >= 11 is 0. The third-order valence-electron chi connectivity index (χ3n) is 5.35. The Morgan fingerprint density at radius 3 is 2.59 bits per heavy atom. The molecule has 11 heteroatoms. The Kier molecular flexibility index (Phi) is 4.00. The Balaban J connectivity index is 1.65. The van der Waals surface area contributed by atoms with E-state index in [-0.39, 0.29) is 16.7 Å². The third-order valence-corrected chi connectivity index (χ3v) is 5.35. The zero-order valence-electron chi connectivity index (χ0n) is 15.5. The molecule has 29 heavy (non-hydrogen) atoms. The summed E-state index contributed by atoms with van der Waals surface area (Å²) in [7, 11) is 0. The highest BCUT2D eigenvalue weighted by Crippen LogP contribution is 2.41. The van der Waals surface area contributed by atoms with Gasteiger partial charge in [0, 0.05) is 13.1 Å². The molecule has 0 saturated carbocycles. The van der Waals surface area contributed by atoms with Crippen LogP contribution in [0.25, 0.3) is 22.1 Å². The Morgan fingerprint density at radius 2 is 1.79 bits per heavy atom. The van der Waals surface area contributed by atoms with Gasteiger partial charge in [0.1, 0.15) is 11.2 Å². The van der Waals surface area contributed by atoms with Gasteiger partial charge in [0.05, 0.1) is 16.3 Å². The Hall–Kier alpha value is -3.76. The molecule has 0 unspecified atom stereocenters. The molecule has 2 aromatic heterocycles. The molecule has 0 radical (unpaired) electrons. The average molecular weight is 395 g/mol. The van der Waals surface area contributed by atoms with Crippen LogP contribution >= 0.6 is 0 Å². The van der Waals surface area contributed by atoms with Crippen molar-refractivity contribution in [3.63, 3.8) is 0 Å². The first-order valence-corrected chi connectivity index (χ1v) is 9.28. The fourth-order valence-corrected chi connectivity index (χ4v) is 3.73. The lowest BCUT2D eigenvalue weighted by molar-refractivity contribution is -0.382. The first kappa shape index (κ1) is 17.3. The second kappa shape index (κ2) is 6.69. The maximum absolute atomic E-state index is 11.9. The van der Waals surface area contributed by atoms with E-state index in [1.54, 1.807) is 12.1 Å². The quantitative estimate of drug-likeness (QED) is 0.402. The molecule has 1 aliphatic rings.